The van der Waals surface area contributed by atoms with E-state index in [9.17, 15) is 4.79 Å². The number of benzene rings is 1. The SMILES string of the molecule is CS[C@H]1CN(C(=O)c2ccn(-c3cccc(Cl)c3)n2)C[C@@H]1N(C)C. The van der Waals surface area contributed by atoms with Crippen LogP contribution < -0.4 is 0 Å². The number of rotatable bonds is 4. The first-order valence-corrected chi connectivity index (χ1v) is 9.46. The standard InChI is InChI=1S/C17H21ClN4OS/c1-20(2)15-10-21(11-16(15)24-3)17(23)14-7-8-22(19-14)13-6-4-5-12(18)9-13/h4-9,15-16H,10-11H2,1-3H3/t15-,16-/m0/s1. The van der Waals surface area contributed by atoms with Crippen LogP contribution in [0.1, 0.15) is 10.5 Å². The summed E-state index contributed by atoms with van der Waals surface area (Å²) in [5.41, 5.74) is 1.31. The fourth-order valence-corrected chi connectivity index (χ4v) is 4.17. The third-order valence-electron chi connectivity index (χ3n) is 4.37. The highest BCUT2D eigenvalue weighted by Gasteiger charge is 2.36. The lowest BCUT2D eigenvalue weighted by Crippen LogP contribution is -2.37. The molecule has 1 saturated heterocycles. The second kappa shape index (κ2) is 7.17. The van der Waals surface area contributed by atoms with Crippen molar-refractivity contribution in [2.75, 3.05) is 33.4 Å². The molecule has 24 heavy (non-hydrogen) atoms. The lowest BCUT2D eigenvalue weighted by atomic mass is 10.2. The molecule has 0 aliphatic carbocycles. The predicted molar refractivity (Wildman–Crippen MR) is 99.3 cm³/mol. The Balaban J connectivity index is 1.77. The van der Waals surface area contributed by atoms with Gasteiger partial charge in [0.25, 0.3) is 5.91 Å². The minimum atomic E-state index is -0.0146. The zero-order valence-corrected chi connectivity index (χ0v) is 15.6. The summed E-state index contributed by atoms with van der Waals surface area (Å²) in [5.74, 6) is -0.0146. The first-order valence-electron chi connectivity index (χ1n) is 7.79. The number of likely N-dealkylation sites (tertiary alicyclic amines) is 1. The molecular weight excluding hydrogens is 344 g/mol. The molecule has 5 nitrogen and oxygen atoms in total. The van der Waals surface area contributed by atoms with E-state index in [1.165, 1.54) is 0 Å². The predicted octanol–water partition coefficient (Wildman–Crippen LogP) is 2.64. The molecule has 0 bridgehead atoms. The van der Waals surface area contributed by atoms with E-state index >= 15 is 0 Å². The molecule has 1 fully saturated rings. The van der Waals surface area contributed by atoms with Gasteiger partial charge in [-0.3, -0.25) is 4.79 Å². The van der Waals surface area contributed by atoms with Crippen LogP contribution in [-0.4, -0.2) is 70.2 Å². The zero-order chi connectivity index (χ0) is 17.3. The number of carbonyl (C=O) groups is 1. The van der Waals surface area contributed by atoms with Crippen LogP contribution in [0.4, 0.5) is 0 Å². The van der Waals surface area contributed by atoms with Crippen molar-refractivity contribution in [3.63, 3.8) is 0 Å². The van der Waals surface area contributed by atoms with Crippen molar-refractivity contribution in [2.24, 2.45) is 0 Å². The van der Waals surface area contributed by atoms with E-state index in [2.05, 4.69) is 30.3 Å². The lowest BCUT2D eigenvalue weighted by molar-refractivity contribution is 0.0777. The maximum atomic E-state index is 12.8. The van der Waals surface area contributed by atoms with Crippen molar-refractivity contribution in [3.8, 4) is 5.69 Å². The molecule has 1 aliphatic heterocycles. The number of carbonyl (C=O) groups excluding carboxylic acids is 1. The van der Waals surface area contributed by atoms with E-state index in [0.717, 1.165) is 18.8 Å². The molecule has 2 atom stereocenters. The average molecular weight is 365 g/mol. The van der Waals surface area contributed by atoms with Crippen LogP contribution in [-0.2, 0) is 0 Å². The lowest BCUT2D eigenvalue weighted by Gasteiger charge is -2.23. The molecule has 1 aromatic carbocycles. The molecule has 2 heterocycles. The third-order valence-corrected chi connectivity index (χ3v) is 5.67. The first-order chi connectivity index (χ1) is 11.5. The molecule has 1 aliphatic rings. The van der Waals surface area contributed by atoms with Crippen LogP contribution in [0, 0.1) is 0 Å². The van der Waals surface area contributed by atoms with Crippen LogP contribution in [0.3, 0.4) is 0 Å². The minimum absolute atomic E-state index is 0.0146. The van der Waals surface area contributed by atoms with Gasteiger partial charge < -0.3 is 9.80 Å². The van der Waals surface area contributed by atoms with E-state index < -0.39 is 0 Å². The molecule has 1 aromatic heterocycles. The van der Waals surface area contributed by atoms with E-state index in [1.54, 1.807) is 16.9 Å². The minimum Gasteiger partial charge on any atom is -0.334 e. The van der Waals surface area contributed by atoms with Gasteiger partial charge in [0.15, 0.2) is 5.69 Å². The van der Waals surface area contributed by atoms with Gasteiger partial charge in [0.2, 0.25) is 0 Å². The zero-order valence-electron chi connectivity index (χ0n) is 14.0. The summed E-state index contributed by atoms with van der Waals surface area (Å²) in [7, 11) is 4.13. The van der Waals surface area contributed by atoms with Gasteiger partial charge in [-0.15, -0.1) is 0 Å². The Morgan fingerprint density at radius 3 is 2.75 bits per heavy atom. The van der Waals surface area contributed by atoms with Gasteiger partial charge in [-0.2, -0.15) is 16.9 Å². The van der Waals surface area contributed by atoms with Crippen molar-refractivity contribution in [1.29, 1.82) is 0 Å². The Morgan fingerprint density at radius 1 is 1.33 bits per heavy atom. The normalized spacial score (nSPS) is 20.8. The summed E-state index contributed by atoms with van der Waals surface area (Å²) in [4.78, 5) is 16.9. The quantitative estimate of drug-likeness (QED) is 0.836. The number of hydrogen-bond donors (Lipinski definition) is 0. The number of hydrogen-bond acceptors (Lipinski definition) is 4. The van der Waals surface area contributed by atoms with Crippen LogP contribution >= 0.6 is 23.4 Å². The Labute approximate surface area is 151 Å². The maximum Gasteiger partial charge on any atom is 0.274 e. The fourth-order valence-electron chi connectivity index (χ4n) is 3.01. The van der Waals surface area contributed by atoms with Crippen molar-refractivity contribution in [1.82, 2.24) is 19.6 Å². The number of aromatic nitrogens is 2. The number of nitrogens with zero attached hydrogens (tertiary/aromatic N) is 4. The number of halogens is 1. The molecule has 0 radical (unpaired) electrons. The molecule has 0 unspecified atom stereocenters. The highest BCUT2D eigenvalue weighted by atomic mass is 35.5. The summed E-state index contributed by atoms with van der Waals surface area (Å²) in [6.07, 6.45) is 3.90. The van der Waals surface area contributed by atoms with Gasteiger partial charge in [-0.1, -0.05) is 17.7 Å². The Bertz CT molecular complexity index is 733. The average Bonchev–Trinajstić information content (AvgIpc) is 3.21. The van der Waals surface area contributed by atoms with Gasteiger partial charge in [-0.25, -0.2) is 4.68 Å². The van der Waals surface area contributed by atoms with Crippen LogP contribution in [0.5, 0.6) is 0 Å². The second-order valence-electron chi connectivity index (χ2n) is 6.14. The summed E-state index contributed by atoms with van der Waals surface area (Å²) < 4.78 is 1.69. The molecule has 1 amide bonds. The van der Waals surface area contributed by atoms with E-state index in [0.29, 0.717) is 22.0 Å². The highest BCUT2D eigenvalue weighted by Crippen LogP contribution is 2.25. The summed E-state index contributed by atoms with van der Waals surface area (Å²) in [6.45, 7) is 1.49. The van der Waals surface area contributed by atoms with Crippen LogP contribution in [0.2, 0.25) is 5.02 Å². The molecule has 7 heteroatoms. The monoisotopic (exact) mass is 364 g/mol. The Morgan fingerprint density at radius 2 is 2.12 bits per heavy atom. The van der Waals surface area contributed by atoms with Gasteiger partial charge in [0.1, 0.15) is 0 Å². The van der Waals surface area contributed by atoms with E-state index in [-0.39, 0.29) is 5.91 Å². The smallest absolute Gasteiger partial charge is 0.274 e. The summed E-state index contributed by atoms with van der Waals surface area (Å²) >= 11 is 7.84. The van der Waals surface area contributed by atoms with E-state index in [1.807, 2.05) is 40.9 Å². The Hall–Kier alpha value is -1.50. The molecule has 3 rings (SSSR count). The summed E-state index contributed by atoms with van der Waals surface area (Å²) in [5, 5.41) is 5.51. The number of likely N-dealkylation sites (N-methyl/N-ethyl adjacent to an activating group) is 1. The van der Waals surface area contributed by atoms with Crippen molar-refractivity contribution >= 4 is 29.3 Å². The van der Waals surface area contributed by atoms with Crippen molar-refractivity contribution in [3.05, 3.63) is 47.2 Å². The Kier molecular flexibility index (Phi) is 5.18. The third kappa shape index (κ3) is 3.45. The van der Waals surface area contributed by atoms with E-state index in [4.69, 9.17) is 11.6 Å². The highest BCUT2D eigenvalue weighted by molar-refractivity contribution is 7.99. The van der Waals surface area contributed by atoms with Crippen molar-refractivity contribution < 1.29 is 4.79 Å². The van der Waals surface area contributed by atoms with Crippen molar-refractivity contribution in [2.45, 2.75) is 11.3 Å². The molecule has 0 spiro atoms. The molecule has 0 N–H and O–H groups in total. The number of thioether (sulfide) groups is 1. The molecular formula is C17H21ClN4OS. The van der Waals surface area contributed by atoms with Gasteiger partial charge in [0, 0.05) is 35.6 Å². The maximum absolute atomic E-state index is 12.8. The van der Waals surface area contributed by atoms with Crippen LogP contribution in [0.15, 0.2) is 36.5 Å². The van der Waals surface area contributed by atoms with Crippen LogP contribution in [0.25, 0.3) is 5.69 Å². The largest absolute Gasteiger partial charge is 0.334 e. The summed E-state index contributed by atoms with van der Waals surface area (Å²) in [6, 6.07) is 9.56. The second-order valence-corrected chi connectivity index (χ2v) is 7.65. The topological polar surface area (TPSA) is 41.4 Å². The molecule has 0 saturated carbocycles. The van der Waals surface area contributed by atoms with Gasteiger partial charge in [-0.05, 0) is 44.6 Å². The number of amides is 1. The van der Waals surface area contributed by atoms with Gasteiger partial charge >= 0.3 is 0 Å². The molecule has 2 aromatic rings. The van der Waals surface area contributed by atoms with Gasteiger partial charge in [0.05, 0.1) is 5.69 Å². The first kappa shape index (κ1) is 17.3. The molecule has 128 valence electrons. The fraction of sp³-hybridized carbons (Fsp3) is 0.412.